The third-order valence-corrected chi connectivity index (χ3v) is 2.54. The van der Waals surface area contributed by atoms with E-state index in [0.717, 1.165) is 5.56 Å². The van der Waals surface area contributed by atoms with Crippen molar-refractivity contribution in [3.63, 3.8) is 0 Å². The minimum atomic E-state index is -0.738. The van der Waals surface area contributed by atoms with Crippen molar-refractivity contribution < 1.29 is 5.11 Å². The van der Waals surface area contributed by atoms with Crippen LogP contribution in [-0.4, -0.2) is 17.0 Å². The summed E-state index contributed by atoms with van der Waals surface area (Å²) in [6.07, 6.45) is 5.78. The highest BCUT2D eigenvalue weighted by Crippen LogP contribution is 2.16. The second-order valence-corrected chi connectivity index (χ2v) is 4.64. The molecule has 1 rings (SSSR count). The summed E-state index contributed by atoms with van der Waals surface area (Å²) >= 11 is 1.73. The van der Waals surface area contributed by atoms with E-state index in [-0.39, 0.29) is 0 Å². The topological polar surface area (TPSA) is 20.2 Å². The summed E-state index contributed by atoms with van der Waals surface area (Å²) < 4.78 is 0. The summed E-state index contributed by atoms with van der Waals surface area (Å²) in [5, 5.41) is 9.49. The van der Waals surface area contributed by atoms with Gasteiger partial charge in [0.2, 0.25) is 0 Å². The van der Waals surface area contributed by atoms with Crippen LogP contribution >= 0.6 is 11.8 Å². The normalized spacial score (nSPS) is 12.3. The van der Waals surface area contributed by atoms with Crippen LogP contribution in [0.5, 0.6) is 0 Å². The van der Waals surface area contributed by atoms with Crippen molar-refractivity contribution >= 4 is 17.8 Å². The highest BCUT2D eigenvalue weighted by Gasteiger charge is 2.05. The van der Waals surface area contributed by atoms with Crippen LogP contribution in [0.15, 0.2) is 35.2 Å². The molecular formula is C12H16OS. The molecule has 0 bridgehead atoms. The molecule has 2 heteroatoms. The Hall–Kier alpha value is -0.730. The second-order valence-electron chi connectivity index (χ2n) is 3.76. The Bertz CT molecular complexity index is 306. The van der Waals surface area contributed by atoms with Gasteiger partial charge >= 0.3 is 0 Å². The van der Waals surface area contributed by atoms with Crippen LogP contribution in [0.3, 0.4) is 0 Å². The van der Waals surface area contributed by atoms with Gasteiger partial charge in [-0.25, -0.2) is 0 Å². The second kappa shape index (κ2) is 4.67. The predicted octanol–water partition coefficient (Wildman–Crippen LogP) is 3.19. The largest absolute Gasteiger partial charge is 0.386 e. The van der Waals surface area contributed by atoms with Gasteiger partial charge in [0.15, 0.2) is 0 Å². The molecule has 1 N–H and O–H groups in total. The van der Waals surface area contributed by atoms with E-state index in [1.165, 1.54) is 4.90 Å². The van der Waals surface area contributed by atoms with Crippen molar-refractivity contribution in [2.45, 2.75) is 24.3 Å². The van der Waals surface area contributed by atoms with Crippen LogP contribution in [0, 0.1) is 0 Å². The summed E-state index contributed by atoms with van der Waals surface area (Å²) in [5.41, 5.74) is 0.378. The maximum Gasteiger partial charge on any atom is 0.0774 e. The van der Waals surface area contributed by atoms with Crippen molar-refractivity contribution in [3.8, 4) is 0 Å². The standard InChI is InChI=1S/C12H16OS/c1-12(2,13)9-8-10-4-6-11(14-3)7-5-10/h4-9,13H,1-3H3/b9-8+. The highest BCUT2D eigenvalue weighted by atomic mass is 32.2. The summed E-state index contributed by atoms with van der Waals surface area (Å²) in [7, 11) is 0. The highest BCUT2D eigenvalue weighted by molar-refractivity contribution is 7.98. The minimum absolute atomic E-state index is 0.738. The van der Waals surface area contributed by atoms with Crippen LogP contribution in [0.25, 0.3) is 6.08 Å². The molecule has 14 heavy (non-hydrogen) atoms. The zero-order valence-electron chi connectivity index (χ0n) is 8.82. The molecule has 0 fully saturated rings. The number of hydrogen-bond acceptors (Lipinski definition) is 2. The summed E-state index contributed by atoms with van der Waals surface area (Å²) in [5.74, 6) is 0. The van der Waals surface area contributed by atoms with Crippen LogP contribution in [0.4, 0.5) is 0 Å². The van der Waals surface area contributed by atoms with Crippen LogP contribution in [-0.2, 0) is 0 Å². The van der Waals surface area contributed by atoms with Crippen molar-refractivity contribution in [2.24, 2.45) is 0 Å². The molecule has 0 aliphatic rings. The van der Waals surface area contributed by atoms with Crippen molar-refractivity contribution in [2.75, 3.05) is 6.26 Å². The monoisotopic (exact) mass is 208 g/mol. The minimum Gasteiger partial charge on any atom is -0.386 e. The smallest absolute Gasteiger partial charge is 0.0774 e. The van der Waals surface area contributed by atoms with Crippen molar-refractivity contribution in [1.29, 1.82) is 0 Å². The SMILES string of the molecule is CSc1ccc(/C=C/C(C)(C)O)cc1. The third kappa shape index (κ3) is 3.99. The third-order valence-electron chi connectivity index (χ3n) is 1.80. The molecule has 0 aliphatic carbocycles. The van der Waals surface area contributed by atoms with Gasteiger partial charge in [0, 0.05) is 4.90 Å². The molecule has 1 aromatic carbocycles. The number of hydrogen-bond donors (Lipinski definition) is 1. The summed E-state index contributed by atoms with van der Waals surface area (Å²) in [6, 6.07) is 8.26. The Morgan fingerprint density at radius 1 is 1.21 bits per heavy atom. The molecule has 0 aliphatic heterocycles. The first-order valence-electron chi connectivity index (χ1n) is 4.57. The lowest BCUT2D eigenvalue weighted by molar-refractivity contribution is 0.134. The first kappa shape index (κ1) is 11.3. The van der Waals surface area contributed by atoms with E-state index in [0.29, 0.717) is 0 Å². The molecule has 1 aromatic rings. The lowest BCUT2D eigenvalue weighted by Crippen LogP contribution is -2.13. The van der Waals surface area contributed by atoms with Crippen LogP contribution in [0.2, 0.25) is 0 Å². The molecule has 0 saturated heterocycles. The van der Waals surface area contributed by atoms with E-state index < -0.39 is 5.60 Å². The van der Waals surface area contributed by atoms with Gasteiger partial charge in [-0.2, -0.15) is 0 Å². The van der Waals surface area contributed by atoms with Gasteiger partial charge in [-0.05, 0) is 37.8 Å². The lowest BCUT2D eigenvalue weighted by atomic mass is 10.1. The fraction of sp³-hybridized carbons (Fsp3) is 0.333. The van der Waals surface area contributed by atoms with Crippen molar-refractivity contribution in [1.82, 2.24) is 0 Å². The molecule has 1 nitrogen and oxygen atoms in total. The summed E-state index contributed by atoms with van der Waals surface area (Å²) in [6.45, 7) is 3.53. The van der Waals surface area contributed by atoms with E-state index in [1.807, 2.05) is 18.2 Å². The van der Waals surface area contributed by atoms with Gasteiger partial charge in [-0.1, -0.05) is 24.3 Å². The van der Waals surface area contributed by atoms with Gasteiger partial charge in [-0.3, -0.25) is 0 Å². The molecular weight excluding hydrogens is 192 g/mol. The molecule has 76 valence electrons. The maximum absolute atomic E-state index is 9.49. The molecule has 0 saturated carbocycles. The predicted molar refractivity (Wildman–Crippen MR) is 63.6 cm³/mol. The zero-order valence-corrected chi connectivity index (χ0v) is 9.64. The Balaban J connectivity index is 2.74. The molecule has 0 atom stereocenters. The fourth-order valence-electron chi connectivity index (χ4n) is 1.02. The number of thioether (sulfide) groups is 1. The number of aliphatic hydroxyl groups is 1. The maximum atomic E-state index is 9.49. The van der Waals surface area contributed by atoms with E-state index in [9.17, 15) is 5.11 Å². The first-order valence-corrected chi connectivity index (χ1v) is 5.79. The van der Waals surface area contributed by atoms with E-state index in [1.54, 1.807) is 31.7 Å². The van der Waals surface area contributed by atoms with Crippen LogP contribution < -0.4 is 0 Å². The molecule has 0 unspecified atom stereocenters. The molecule has 0 radical (unpaired) electrons. The van der Waals surface area contributed by atoms with Gasteiger partial charge < -0.3 is 5.11 Å². The molecule has 0 spiro atoms. The first-order chi connectivity index (χ1) is 6.51. The number of benzene rings is 1. The van der Waals surface area contributed by atoms with Gasteiger partial charge in [0.25, 0.3) is 0 Å². The molecule has 0 aromatic heterocycles. The van der Waals surface area contributed by atoms with Crippen LogP contribution in [0.1, 0.15) is 19.4 Å². The number of rotatable bonds is 3. The lowest BCUT2D eigenvalue weighted by Gasteiger charge is -2.09. The van der Waals surface area contributed by atoms with E-state index >= 15 is 0 Å². The fourth-order valence-corrected chi connectivity index (χ4v) is 1.42. The average Bonchev–Trinajstić information content (AvgIpc) is 2.14. The Kier molecular flexibility index (Phi) is 3.78. The molecule has 0 amide bonds. The Morgan fingerprint density at radius 3 is 2.21 bits per heavy atom. The van der Waals surface area contributed by atoms with Gasteiger partial charge in [0.1, 0.15) is 0 Å². The quantitative estimate of drug-likeness (QED) is 0.770. The summed E-state index contributed by atoms with van der Waals surface area (Å²) in [4.78, 5) is 1.26. The van der Waals surface area contributed by atoms with E-state index in [4.69, 9.17) is 0 Å². The average molecular weight is 208 g/mol. The molecule has 0 heterocycles. The Morgan fingerprint density at radius 2 is 1.79 bits per heavy atom. The van der Waals surface area contributed by atoms with Crippen molar-refractivity contribution in [3.05, 3.63) is 35.9 Å². The van der Waals surface area contributed by atoms with Gasteiger partial charge in [-0.15, -0.1) is 11.8 Å². The van der Waals surface area contributed by atoms with E-state index in [2.05, 4.69) is 18.4 Å². The van der Waals surface area contributed by atoms with Gasteiger partial charge in [0.05, 0.1) is 5.60 Å². The Labute approximate surface area is 89.8 Å². The zero-order chi connectivity index (χ0) is 10.6.